The molecule has 2 N–H and O–H groups in total. The zero-order valence-corrected chi connectivity index (χ0v) is 10.6. The second-order valence-electron chi connectivity index (χ2n) is 3.55. The van der Waals surface area contributed by atoms with Crippen molar-refractivity contribution in [3.63, 3.8) is 0 Å². The number of rotatable bonds is 3. The minimum atomic E-state index is -0.364. The summed E-state index contributed by atoms with van der Waals surface area (Å²) in [5.74, 6) is -0.364. The SMILES string of the molecule is COC(=O)c1ccnc(Sc2ccc(N)cc2)c1. The van der Waals surface area contributed by atoms with E-state index in [2.05, 4.69) is 9.72 Å². The number of pyridine rings is 1. The lowest BCUT2D eigenvalue weighted by atomic mass is 10.3. The Bertz CT molecular complexity index is 555. The molecular formula is C13H12N2O2S. The number of esters is 1. The number of nitrogens with zero attached hydrogens (tertiary/aromatic N) is 1. The second-order valence-corrected chi connectivity index (χ2v) is 4.64. The number of hydrogen-bond acceptors (Lipinski definition) is 5. The van der Waals surface area contributed by atoms with Crippen molar-refractivity contribution in [2.75, 3.05) is 12.8 Å². The third-order valence-electron chi connectivity index (χ3n) is 2.26. The van der Waals surface area contributed by atoms with Crippen LogP contribution in [0.15, 0.2) is 52.5 Å². The van der Waals surface area contributed by atoms with Gasteiger partial charge in [-0.3, -0.25) is 0 Å². The minimum Gasteiger partial charge on any atom is -0.465 e. The van der Waals surface area contributed by atoms with Crippen LogP contribution in [-0.4, -0.2) is 18.1 Å². The van der Waals surface area contributed by atoms with Crippen molar-refractivity contribution >= 4 is 23.4 Å². The Balaban J connectivity index is 2.19. The van der Waals surface area contributed by atoms with Gasteiger partial charge in [-0.2, -0.15) is 0 Å². The molecule has 0 aliphatic rings. The zero-order valence-electron chi connectivity index (χ0n) is 9.79. The summed E-state index contributed by atoms with van der Waals surface area (Å²) in [6.07, 6.45) is 1.59. The number of benzene rings is 1. The summed E-state index contributed by atoms with van der Waals surface area (Å²) >= 11 is 1.46. The van der Waals surface area contributed by atoms with Crippen molar-refractivity contribution in [1.29, 1.82) is 0 Å². The number of methoxy groups -OCH3 is 1. The summed E-state index contributed by atoms with van der Waals surface area (Å²) in [5, 5.41) is 0.739. The van der Waals surface area contributed by atoms with E-state index in [0.29, 0.717) is 5.56 Å². The second kappa shape index (κ2) is 5.55. The van der Waals surface area contributed by atoms with Crippen LogP contribution in [0.2, 0.25) is 0 Å². The van der Waals surface area contributed by atoms with Crippen LogP contribution >= 0.6 is 11.8 Å². The predicted molar refractivity (Wildman–Crippen MR) is 70.6 cm³/mol. The van der Waals surface area contributed by atoms with Crippen LogP contribution in [0.5, 0.6) is 0 Å². The lowest BCUT2D eigenvalue weighted by Gasteiger charge is -2.03. The van der Waals surface area contributed by atoms with E-state index in [1.807, 2.05) is 24.3 Å². The van der Waals surface area contributed by atoms with Crippen molar-refractivity contribution in [1.82, 2.24) is 4.98 Å². The number of nitrogens with two attached hydrogens (primary N) is 1. The number of carbonyl (C=O) groups excluding carboxylic acids is 1. The van der Waals surface area contributed by atoms with Crippen LogP contribution in [0.3, 0.4) is 0 Å². The molecule has 2 rings (SSSR count). The van der Waals surface area contributed by atoms with Gasteiger partial charge in [0.1, 0.15) is 5.03 Å². The van der Waals surface area contributed by atoms with Crippen LogP contribution < -0.4 is 5.73 Å². The van der Waals surface area contributed by atoms with Gasteiger partial charge in [0.05, 0.1) is 12.7 Å². The van der Waals surface area contributed by atoms with E-state index in [9.17, 15) is 4.79 Å². The van der Waals surface area contributed by atoms with E-state index < -0.39 is 0 Å². The number of ether oxygens (including phenoxy) is 1. The topological polar surface area (TPSA) is 65.2 Å². The summed E-state index contributed by atoms with van der Waals surface area (Å²) in [7, 11) is 1.36. The van der Waals surface area contributed by atoms with E-state index in [-0.39, 0.29) is 5.97 Å². The van der Waals surface area contributed by atoms with E-state index in [0.717, 1.165) is 15.6 Å². The van der Waals surface area contributed by atoms with Crippen molar-refractivity contribution in [3.8, 4) is 0 Å². The average molecular weight is 260 g/mol. The molecule has 0 fully saturated rings. The predicted octanol–water partition coefficient (Wildman–Crippen LogP) is 2.60. The highest BCUT2D eigenvalue weighted by atomic mass is 32.2. The van der Waals surface area contributed by atoms with Crippen LogP contribution in [0, 0.1) is 0 Å². The third kappa shape index (κ3) is 3.01. The molecule has 5 heteroatoms. The highest BCUT2D eigenvalue weighted by Crippen LogP contribution is 2.27. The maximum Gasteiger partial charge on any atom is 0.337 e. The number of nitrogen functional groups attached to an aromatic ring is 1. The highest BCUT2D eigenvalue weighted by molar-refractivity contribution is 7.99. The van der Waals surface area contributed by atoms with Gasteiger partial charge in [0, 0.05) is 16.8 Å². The molecule has 0 aliphatic carbocycles. The van der Waals surface area contributed by atoms with Gasteiger partial charge in [0.25, 0.3) is 0 Å². The lowest BCUT2D eigenvalue weighted by molar-refractivity contribution is 0.0600. The first kappa shape index (κ1) is 12.4. The minimum absolute atomic E-state index is 0.364. The number of hydrogen-bond donors (Lipinski definition) is 1. The molecule has 92 valence electrons. The number of aromatic nitrogens is 1. The molecular weight excluding hydrogens is 248 g/mol. The monoisotopic (exact) mass is 260 g/mol. The molecule has 0 bridgehead atoms. The molecule has 1 heterocycles. The van der Waals surface area contributed by atoms with Crippen molar-refractivity contribution < 1.29 is 9.53 Å². The van der Waals surface area contributed by atoms with Crippen molar-refractivity contribution in [3.05, 3.63) is 48.2 Å². The normalized spacial score (nSPS) is 10.1. The molecule has 0 atom stereocenters. The maximum absolute atomic E-state index is 11.4. The van der Waals surface area contributed by atoms with Gasteiger partial charge in [0.15, 0.2) is 0 Å². The Morgan fingerprint density at radius 2 is 2.00 bits per heavy atom. The first-order chi connectivity index (χ1) is 8.69. The lowest BCUT2D eigenvalue weighted by Crippen LogP contribution is -2.01. The fourth-order valence-electron chi connectivity index (χ4n) is 1.37. The van der Waals surface area contributed by atoms with Crippen LogP contribution in [0.4, 0.5) is 5.69 Å². The Morgan fingerprint density at radius 3 is 2.67 bits per heavy atom. The van der Waals surface area contributed by atoms with Crippen LogP contribution in [0.25, 0.3) is 0 Å². The quantitative estimate of drug-likeness (QED) is 0.678. The Morgan fingerprint density at radius 1 is 1.28 bits per heavy atom. The zero-order chi connectivity index (χ0) is 13.0. The van der Waals surface area contributed by atoms with E-state index >= 15 is 0 Å². The summed E-state index contributed by atoms with van der Waals surface area (Å²) in [4.78, 5) is 16.6. The summed E-state index contributed by atoms with van der Waals surface area (Å²) in [5.41, 5.74) is 6.83. The number of anilines is 1. The van der Waals surface area contributed by atoms with E-state index in [1.165, 1.54) is 18.9 Å². The third-order valence-corrected chi connectivity index (χ3v) is 3.20. The summed E-state index contributed by atoms with van der Waals surface area (Å²) in [6, 6.07) is 10.8. The van der Waals surface area contributed by atoms with Gasteiger partial charge in [-0.25, -0.2) is 9.78 Å². The molecule has 0 saturated heterocycles. The molecule has 2 aromatic rings. The fourth-order valence-corrected chi connectivity index (χ4v) is 2.18. The van der Waals surface area contributed by atoms with Gasteiger partial charge < -0.3 is 10.5 Å². The summed E-state index contributed by atoms with van der Waals surface area (Å²) < 4.78 is 4.66. The average Bonchev–Trinajstić information content (AvgIpc) is 2.41. The maximum atomic E-state index is 11.4. The summed E-state index contributed by atoms with van der Waals surface area (Å²) in [6.45, 7) is 0. The molecule has 1 aromatic heterocycles. The van der Waals surface area contributed by atoms with Gasteiger partial charge in [-0.05, 0) is 36.4 Å². The largest absolute Gasteiger partial charge is 0.465 e. The molecule has 0 aliphatic heterocycles. The Labute approximate surface area is 109 Å². The molecule has 0 saturated carbocycles. The Hall–Kier alpha value is -2.01. The molecule has 4 nitrogen and oxygen atoms in total. The molecule has 0 unspecified atom stereocenters. The highest BCUT2D eigenvalue weighted by Gasteiger charge is 2.07. The Kier molecular flexibility index (Phi) is 3.84. The van der Waals surface area contributed by atoms with Gasteiger partial charge in [-0.1, -0.05) is 11.8 Å². The molecule has 0 radical (unpaired) electrons. The standard InChI is InChI=1S/C13H12N2O2S/c1-17-13(16)9-6-7-15-12(8-9)18-11-4-2-10(14)3-5-11/h2-8H,14H2,1H3. The molecule has 0 spiro atoms. The van der Waals surface area contributed by atoms with Gasteiger partial charge >= 0.3 is 5.97 Å². The van der Waals surface area contributed by atoms with Gasteiger partial charge in [-0.15, -0.1) is 0 Å². The van der Waals surface area contributed by atoms with E-state index in [1.54, 1.807) is 18.3 Å². The van der Waals surface area contributed by atoms with Gasteiger partial charge in [0.2, 0.25) is 0 Å². The fraction of sp³-hybridized carbons (Fsp3) is 0.0769. The molecule has 18 heavy (non-hydrogen) atoms. The number of carbonyl (C=O) groups is 1. The molecule has 1 aromatic carbocycles. The van der Waals surface area contributed by atoms with Crippen molar-refractivity contribution in [2.24, 2.45) is 0 Å². The van der Waals surface area contributed by atoms with Crippen LogP contribution in [0.1, 0.15) is 10.4 Å². The smallest absolute Gasteiger partial charge is 0.337 e. The van der Waals surface area contributed by atoms with Crippen molar-refractivity contribution in [2.45, 2.75) is 9.92 Å². The first-order valence-electron chi connectivity index (χ1n) is 5.27. The van der Waals surface area contributed by atoms with E-state index in [4.69, 9.17) is 5.73 Å². The molecule has 0 amide bonds. The van der Waals surface area contributed by atoms with Crippen LogP contribution in [-0.2, 0) is 4.74 Å². The first-order valence-corrected chi connectivity index (χ1v) is 6.08.